The number of hydrogen-bond acceptors (Lipinski definition) is 2. The number of carbonyl (C=O) groups excluding carboxylic acids is 1. The summed E-state index contributed by atoms with van der Waals surface area (Å²) in [5, 5.41) is 2.76. The highest BCUT2D eigenvalue weighted by Crippen LogP contribution is 2.20. The maximum Gasteiger partial charge on any atom is 0.251 e. The van der Waals surface area contributed by atoms with Crippen LogP contribution in [0.3, 0.4) is 0 Å². The highest BCUT2D eigenvalue weighted by atomic mass is 35.5. The molecule has 0 bridgehead atoms. The van der Waals surface area contributed by atoms with Gasteiger partial charge < -0.3 is 11.1 Å². The number of nitrogens with one attached hydrogen (secondary N) is 1. The highest BCUT2D eigenvalue weighted by Gasteiger charge is 2.25. The topological polar surface area (TPSA) is 55.1 Å². The zero-order chi connectivity index (χ0) is 13.9. The van der Waals surface area contributed by atoms with Crippen molar-refractivity contribution < 1.29 is 9.18 Å². The standard InChI is InChI=1S/C13H18ClFN2O/c1-13(2,3)11(7-16)17-12(18)8-4-5-10(15)9(14)6-8/h4-6,11H,7,16H2,1-3H3,(H,17,18). The third-order valence-corrected chi connectivity index (χ3v) is 3.06. The Labute approximate surface area is 112 Å². The summed E-state index contributed by atoms with van der Waals surface area (Å²) in [6.07, 6.45) is 0. The molecule has 0 aliphatic rings. The molecule has 0 saturated heterocycles. The molecule has 0 spiro atoms. The summed E-state index contributed by atoms with van der Waals surface area (Å²) in [6, 6.07) is 3.72. The van der Waals surface area contributed by atoms with Crippen LogP contribution in [0.4, 0.5) is 4.39 Å². The second kappa shape index (κ2) is 5.67. The van der Waals surface area contributed by atoms with Gasteiger partial charge in [-0.2, -0.15) is 0 Å². The molecule has 0 aliphatic heterocycles. The molecule has 0 heterocycles. The molecule has 18 heavy (non-hydrogen) atoms. The van der Waals surface area contributed by atoms with E-state index in [9.17, 15) is 9.18 Å². The fourth-order valence-corrected chi connectivity index (χ4v) is 1.69. The van der Waals surface area contributed by atoms with Gasteiger partial charge in [-0.3, -0.25) is 4.79 Å². The average Bonchev–Trinajstić information content (AvgIpc) is 2.27. The van der Waals surface area contributed by atoms with E-state index in [1.165, 1.54) is 18.2 Å². The number of halogens is 2. The number of rotatable bonds is 3. The summed E-state index contributed by atoms with van der Waals surface area (Å²) in [4.78, 5) is 12.0. The van der Waals surface area contributed by atoms with Crippen molar-refractivity contribution in [2.24, 2.45) is 11.1 Å². The Morgan fingerprint density at radius 3 is 2.56 bits per heavy atom. The van der Waals surface area contributed by atoms with Crippen molar-refractivity contribution in [1.29, 1.82) is 0 Å². The van der Waals surface area contributed by atoms with Crippen molar-refractivity contribution in [3.05, 3.63) is 34.6 Å². The van der Waals surface area contributed by atoms with Crippen LogP contribution in [0.25, 0.3) is 0 Å². The van der Waals surface area contributed by atoms with Gasteiger partial charge >= 0.3 is 0 Å². The van der Waals surface area contributed by atoms with E-state index in [0.717, 1.165) is 0 Å². The summed E-state index contributed by atoms with van der Waals surface area (Å²) >= 11 is 5.64. The average molecular weight is 273 g/mol. The Morgan fingerprint density at radius 1 is 1.50 bits per heavy atom. The van der Waals surface area contributed by atoms with Gasteiger partial charge in [0, 0.05) is 18.2 Å². The highest BCUT2D eigenvalue weighted by molar-refractivity contribution is 6.31. The van der Waals surface area contributed by atoms with Gasteiger partial charge in [0.25, 0.3) is 5.91 Å². The van der Waals surface area contributed by atoms with E-state index in [0.29, 0.717) is 12.1 Å². The molecule has 0 aromatic heterocycles. The molecule has 3 nitrogen and oxygen atoms in total. The molecule has 1 rings (SSSR count). The minimum atomic E-state index is -0.542. The zero-order valence-electron chi connectivity index (χ0n) is 10.8. The predicted molar refractivity (Wildman–Crippen MR) is 71.2 cm³/mol. The van der Waals surface area contributed by atoms with E-state index in [-0.39, 0.29) is 22.4 Å². The summed E-state index contributed by atoms with van der Waals surface area (Å²) in [5.41, 5.74) is 5.82. The summed E-state index contributed by atoms with van der Waals surface area (Å²) in [6.45, 7) is 6.30. The third kappa shape index (κ3) is 3.68. The summed E-state index contributed by atoms with van der Waals surface area (Å²) in [5.74, 6) is -0.846. The number of benzene rings is 1. The van der Waals surface area contributed by atoms with Crippen molar-refractivity contribution in [2.45, 2.75) is 26.8 Å². The lowest BCUT2D eigenvalue weighted by atomic mass is 9.86. The Kier molecular flexibility index (Phi) is 4.71. The molecule has 1 aromatic rings. The molecule has 0 aliphatic carbocycles. The van der Waals surface area contributed by atoms with Crippen LogP contribution >= 0.6 is 11.6 Å². The fourth-order valence-electron chi connectivity index (χ4n) is 1.51. The molecule has 3 N–H and O–H groups in total. The van der Waals surface area contributed by atoms with Crippen LogP contribution in [0.1, 0.15) is 31.1 Å². The van der Waals surface area contributed by atoms with Crippen molar-refractivity contribution in [2.75, 3.05) is 6.54 Å². The van der Waals surface area contributed by atoms with E-state index in [1.54, 1.807) is 0 Å². The van der Waals surface area contributed by atoms with Crippen LogP contribution in [0.15, 0.2) is 18.2 Å². The first-order valence-electron chi connectivity index (χ1n) is 5.71. The first kappa shape index (κ1) is 14.9. The maximum atomic E-state index is 13.0. The van der Waals surface area contributed by atoms with Gasteiger partial charge in [-0.05, 0) is 23.6 Å². The van der Waals surface area contributed by atoms with Crippen molar-refractivity contribution in [1.82, 2.24) is 5.32 Å². The lowest BCUT2D eigenvalue weighted by Crippen LogP contribution is -2.48. The minimum Gasteiger partial charge on any atom is -0.348 e. The SMILES string of the molecule is CC(C)(C)C(CN)NC(=O)c1ccc(F)c(Cl)c1. The molecule has 100 valence electrons. The van der Waals surface area contributed by atoms with Gasteiger partial charge in [-0.15, -0.1) is 0 Å². The Morgan fingerprint density at radius 2 is 2.11 bits per heavy atom. The number of nitrogens with two attached hydrogens (primary N) is 1. The lowest BCUT2D eigenvalue weighted by Gasteiger charge is -2.30. The van der Waals surface area contributed by atoms with Crippen LogP contribution in [-0.2, 0) is 0 Å². The van der Waals surface area contributed by atoms with E-state index in [4.69, 9.17) is 17.3 Å². The monoisotopic (exact) mass is 272 g/mol. The molecule has 0 fully saturated rings. The third-order valence-electron chi connectivity index (χ3n) is 2.77. The van der Waals surface area contributed by atoms with Gasteiger partial charge in [0.05, 0.1) is 5.02 Å². The van der Waals surface area contributed by atoms with Gasteiger partial charge in [0.15, 0.2) is 0 Å². The summed E-state index contributed by atoms with van der Waals surface area (Å²) in [7, 11) is 0. The van der Waals surface area contributed by atoms with Crippen LogP contribution < -0.4 is 11.1 Å². The Hall–Kier alpha value is -1.13. The number of hydrogen-bond donors (Lipinski definition) is 2. The normalized spacial score (nSPS) is 13.2. The Bertz CT molecular complexity index is 443. The molecular weight excluding hydrogens is 255 g/mol. The first-order chi connectivity index (χ1) is 8.25. The smallest absolute Gasteiger partial charge is 0.251 e. The molecule has 5 heteroatoms. The van der Waals surface area contributed by atoms with E-state index >= 15 is 0 Å². The minimum absolute atomic E-state index is 0.0669. The van der Waals surface area contributed by atoms with Crippen LogP contribution in [0.2, 0.25) is 5.02 Å². The van der Waals surface area contributed by atoms with E-state index in [1.807, 2.05) is 20.8 Å². The molecule has 1 aromatic carbocycles. The van der Waals surface area contributed by atoms with Crippen LogP contribution in [-0.4, -0.2) is 18.5 Å². The lowest BCUT2D eigenvalue weighted by molar-refractivity contribution is 0.0905. The van der Waals surface area contributed by atoms with Gasteiger partial charge in [0.2, 0.25) is 0 Å². The quantitative estimate of drug-likeness (QED) is 0.889. The van der Waals surface area contributed by atoms with Gasteiger partial charge in [-0.25, -0.2) is 4.39 Å². The Balaban J connectivity index is 2.85. The summed E-state index contributed by atoms with van der Waals surface area (Å²) < 4.78 is 13.0. The molecule has 0 radical (unpaired) electrons. The molecule has 1 atom stereocenters. The predicted octanol–water partition coefficient (Wildman–Crippen LogP) is 2.58. The largest absolute Gasteiger partial charge is 0.348 e. The molecular formula is C13H18ClFN2O. The molecule has 0 saturated carbocycles. The molecule has 1 unspecified atom stereocenters. The second-order valence-electron chi connectivity index (χ2n) is 5.26. The van der Waals surface area contributed by atoms with E-state index < -0.39 is 5.82 Å². The van der Waals surface area contributed by atoms with E-state index in [2.05, 4.69) is 5.32 Å². The van der Waals surface area contributed by atoms with Crippen molar-refractivity contribution in [3.8, 4) is 0 Å². The van der Waals surface area contributed by atoms with Crippen LogP contribution in [0, 0.1) is 11.2 Å². The number of amides is 1. The first-order valence-corrected chi connectivity index (χ1v) is 6.09. The van der Waals surface area contributed by atoms with Gasteiger partial charge in [-0.1, -0.05) is 32.4 Å². The fraction of sp³-hybridized carbons (Fsp3) is 0.462. The molecule has 1 amide bonds. The zero-order valence-corrected chi connectivity index (χ0v) is 11.5. The number of carbonyl (C=O) groups is 1. The second-order valence-corrected chi connectivity index (χ2v) is 5.66. The van der Waals surface area contributed by atoms with Crippen LogP contribution in [0.5, 0.6) is 0 Å². The van der Waals surface area contributed by atoms with Gasteiger partial charge in [0.1, 0.15) is 5.82 Å². The van der Waals surface area contributed by atoms with Crippen molar-refractivity contribution >= 4 is 17.5 Å². The maximum absolute atomic E-state index is 13.0. The van der Waals surface area contributed by atoms with Crippen molar-refractivity contribution in [3.63, 3.8) is 0 Å².